The molecule has 0 fully saturated rings. The third kappa shape index (κ3) is 0.791. The molecule has 0 spiro atoms. The normalized spacial score (nSPS) is 9.75. The van der Waals surface area contributed by atoms with Crippen LogP contribution in [0, 0.1) is 13.8 Å². The predicted octanol–water partition coefficient (Wildman–Crippen LogP) is -0.180. The van der Waals surface area contributed by atoms with Gasteiger partial charge in [-0.15, -0.1) is 0 Å². The summed E-state index contributed by atoms with van der Waals surface area (Å²) in [5.41, 5.74) is 2.16. The SMILES string of the molecule is Cc1n[nH]c(C)c1[Se]. The average Bonchev–Trinajstić information content (AvgIpc) is 1.98. The van der Waals surface area contributed by atoms with Crippen molar-refractivity contribution < 1.29 is 0 Å². The Morgan fingerprint density at radius 3 is 2.25 bits per heavy atom. The van der Waals surface area contributed by atoms with Gasteiger partial charge in [-0.3, -0.25) is 0 Å². The van der Waals surface area contributed by atoms with Crippen LogP contribution in [-0.2, 0) is 0 Å². The van der Waals surface area contributed by atoms with Crippen molar-refractivity contribution in [1.82, 2.24) is 10.2 Å². The second kappa shape index (κ2) is 1.92. The standard InChI is InChI=1S/C5H7N2Se/c1-3-5(8)4(2)7-6-3/h1-2H3,(H,6,7). The third-order valence-electron chi connectivity index (χ3n) is 1.06. The van der Waals surface area contributed by atoms with Crippen LogP contribution < -0.4 is 4.46 Å². The molecule has 1 heterocycles. The molecule has 0 amide bonds. The number of H-pyrrole nitrogens is 1. The second-order valence-corrected chi connectivity index (χ2v) is 2.62. The van der Waals surface area contributed by atoms with Gasteiger partial charge in [0, 0.05) is 0 Å². The van der Waals surface area contributed by atoms with Crippen LogP contribution >= 0.6 is 0 Å². The molecule has 1 N–H and O–H groups in total. The molecule has 0 aromatic carbocycles. The Balaban J connectivity index is 3.19. The van der Waals surface area contributed by atoms with Crippen LogP contribution in [0.15, 0.2) is 0 Å². The molecule has 43 valence electrons. The van der Waals surface area contributed by atoms with E-state index in [1.165, 1.54) is 0 Å². The van der Waals surface area contributed by atoms with Gasteiger partial charge in [-0.25, -0.2) is 0 Å². The predicted molar refractivity (Wildman–Crippen MR) is 33.4 cm³/mol. The summed E-state index contributed by atoms with van der Waals surface area (Å²) in [6.07, 6.45) is 0. The molecule has 0 bridgehead atoms. The van der Waals surface area contributed by atoms with Crippen molar-refractivity contribution in [2.24, 2.45) is 0 Å². The second-order valence-electron chi connectivity index (χ2n) is 1.76. The zero-order valence-electron chi connectivity index (χ0n) is 4.86. The van der Waals surface area contributed by atoms with E-state index >= 15 is 0 Å². The fraction of sp³-hybridized carbons (Fsp3) is 0.400. The van der Waals surface area contributed by atoms with Gasteiger partial charge in [0.25, 0.3) is 0 Å². The molecular weight excluding hydrogens is 167 g/mol. The zero-order valence-corrected chi connectivity index (χ0v) is 6.57. The molecule has 0 aliphatic rings. The van der Waals surface area contributed by atoms with E-state index in [4.69, 9.17) is 0 Å². The molecular formula is C5H7N2Se. The number of aromatic nitrogens is 2. The van der Waals surface area contributed by atoms with Crippen molar-refractivity contribution in [3.63, 3.8) is 0 Å². The zero-order chi connectivity index (χ0) is 6.15. The maximum absolute atomic E-state index is 3.96. The van der Waals surface area contributed by atoms with Gasteiger partial charge in [-0.2, -0.15) is 0 Å². The molecule has 1 aromatic rings. The van der Waals surface area contributed by atoms with Crippen molar-refractivity contribution in [2.45, 2.75) is 13.8 Å². The van der Waals surface area contributed by atoms with E-state index in [-0.39, 0.29) is 0 Å². The van der Waals surface area contributed by atoms with Gasteiger partial charge in [0.2, 0.25) is 0 Å². The maximum atomic E-state index is 3.96. The van der Waals surface area contributed by atoms with Gasteiger partial charge >= 0.3 is 55.9 Å². The van der Waals surface area contributed by atoms with Crippen molar-refractivity contribution >= 4 is 20.5 Å². The summed E-state index contributed by atoms with van der Waals surface area (Å²) < 4.78 is 1.14. The fourth-order valence-corrected chi connectivity index (χ4v) is 0.732. The van der Waals surface area contributed by atoms with Gasteiger partial charge in [0.1, 0.15) is 0 Å². The molecule has 1 radical (unpaired) electrons. The molecule has 0 atom stereocenters. The number of aryl methyl sites for hydroxylation is 2. The Morgan fingerprint density at radius 2 is 2.12 bits per heavy atom. The first-order valence-corrected chi connectivity index (χ1v) is 3.26. The fourth-order valence-electron chi connectivity index (χ4n) is 0.541. The van der Waals surface area contributed by atoms with Gasteiger partial charge in [-0.05, 0) is 0 Å². The van der Waals surface area contributed by atoms with Crippen LogP contribution in [0.1, 0.15) is 11.4 Å². The Labute approximate surface area is 56.5 Å². The van der Waals surface area contributed by atoms with E-state index in [1.54, 1.807) is 0 Å². The van der Waals surface area contributed by atoms with Gasteiger partial charge in [0.05, 0.1) is 0 Å². The van der Waals surface area contributed by atoms with Crippen molar-refractivity contribution in [1.29, 1.82) is 0 Å². The molecule has 8 heavy (non-hydrogen) atoms. The summed E-state index contributed by atoms with van der Waals surface area (Å²) in [5, 5.41) is 6.81. The first-order valence-electron chi connectivity index (χ1n) is 2.40. The number of hydrogen-bond acceptors (Lipinski definition) is 1. The number of nitrogens with zero attached hydrogens (tertiary/aromatic N) is 1. The van der Waals surface area contributed by atoms with E-state index in [2.05, 4.69) is 26.2 Å². The van der Waals surface area contributed by atoms with Crippen LogP contribution in [0.4, 0.5) is 0 Å². The molecule has 0 saturated carbocycles. The van der Waals surface area contributed by atoms with Gasteiger partial charge < -0.3 is 0 Å². The molecule has 0 saturated heterocycles. The Hall–Kier alpha value is -0.271. The van der Waals surface area contributed by atoms with Crippen molar-refractivity contribution in [3.8, 4) is 0 Å². The molecule has 0 aliphatic heterocycles. The average molecular weight is 174 g/mol. The monoisotopic (exact) mass is 175 g/mol. The van der Waals surface area contributed by atoms with E-state index in [0.29, 0.717) is 0 Å². The van der Waals surface area contributed by atoms with Crippen LogP contribution in [0.3, 0.4) is 0 Å². The summed E-state index contributed by atoms with van der Waals surface area (Å²) in [4.78, 5) is 0. The van der Waals surface area contributed by atoms with Crippen LogP contribution in [-0.4, -0.2) is 26.2 Å². The van der Waals surface area contributed by atoms with Crippen LogP contribution in [0.2, 0.25) is 0 Å². The molecule has 1 aromatic heterocycles. The Kier molecular flexibility index (Phi) is 1.41. The van der Waals surface area contributed by atoms with Crippen LogP contribution in [0.25, 0.3) is 0 Å². The van der Waals surface area contributed by atoms with Crippen molar-refractivity contribution in [3.05, 3.63) is 11.4 Å². The number of hydrogen-bond donors (Lipinski definition) is 1. The third-order valence-corrected chi connectivity index (χ3v) is 2.32. The Bertz CT molecular complexity index is 173. The molecule has 2 nitrogen and oxygen atoms in total. The Morgan fingerprint density at radius 1 is 1.50 bits per heavy atom. The summed E-state index contributed by atoms with van der Waals surface area (Å²) in [6, 6.07) is 0. The topological polar surface area (TPSA) is 28.7 Å². The first-order chi connectivity index (χ1) is 3.72. The summed E-state index contributed by atoms with van der Waals surface area (Å²) in [5.74, 6) is 0. The molecule has 1 rings (SSSR count). The number of aromatic amines is 1. The minimum absolute atomic E-state index is 1.04. The van der Waals surface area contributed by atoms with Gasteiger partial charge in [-0.1, -0.05) is 0 Å². The summed E-state index contributed by atoms with van der Waals surface area (Å²) in [6.45, 7) is 3.96. The van der Waals surface area contributed by atoms with E-state index < -0.39 is 0 Å². The van der Waals surface area contributed by atoms with Crippen molar-refractivity contribution in [2.75, 3.05) is 0 Å². The minimum atomic E-state index is 1.04. The van der Waals surface area contributed by atoms with E-state index in [0.717, 1.165) is 15.8 Å². The molecule has 0 aliphatic carbocycles. The summed E-state index contributed by atoms with van der Waals surface area (Å²) >= 11 is 2.92. The summed E-state index contributed by atoms with van der Waals surface area (Å²) in [7, 11) is 0. The van der Waals surface area contributed by atoms with Crippen LogP contribution in [0.5, 0.6) is 0 Å². The first kappa shape index (κ1) is 5.86. The van der Waals surface area contributed by atoms with E-state index in [9.17, 15) is 0 Å². The number of rotatable bonds is 0. The number of nitrogens with one attached hydrogen (secondary N) is 1. The van der Waals surface area contributed by atoms with Gasteiger partial charge in [0.15, 0.2) is 0 Å². The quantitative estimate of drug-likeness (QED) is 0.543. The molecule has 0 unspecified atom stereocenters. The molecule has 3 heteroatoms. The van der Waals surface area contributed by atoms with E-state index in [1.807, 2.05) is 13.8 Å².